The fraction of sp³-hybridized carbons (Fsp3) is 0.538. The molecule has 3 nitrogen and oxygen atoms in total. The fourth-order valence-electron chi connectivity index (χ4n) is 2.05. The first-order valence-electron chi connectivity index (χ1n) is 5.79. The topological polar surface area (TPSA) is 30.5 Å². The Morgan fingerprint density at radius 2 is 2.12 bits per heavy atom. The highest BCUT2D eigenvalue weighted by Crippen LogP contribution is 2.31. The molecule has 1 aromatic carbocycles. The number of methoxy groups -OCH3 is 2. The van der Waals surface area contributed by atoms with Gasteiger partial charge in [0, 0.05) is 38.3 Å². The first-order chi connectivity index (χ1) is 8.35. The van der Waals surface area contributed by atoms with Crippen LogP contribution in [0, 0.1) is 0 Å². The molecule has 0 saturated carbocycles. The molecule has 0 saturated heterocycles. The average molecular weight is 253 g/mol. The molecule has 0 bridgehead atoms. The molecule has 0 spiro atoms. The third-order valence-corrected chi connectivity index (χ3v) is 4.11. The van der Waals surface area contributed by atoms with E-state index >= 15 is 0 Å². The number of benzene rings is 1. The zero-order valence-corrected chi connectivity index (χ0v) is 11.1. The Morgan fingerprint density at radius 3 is 2.88 bits per heavy atom. The summed E-state index contributed by atoms with van der Waals surface area (Å²) < 4.78 is 10.4. The monoisotopic (exact) mass is 253 g/mol. The van der Waals surface area contributed by atoms with Gasteiger partial charge >= 0.3 is 0 Å². The summed E-state index contributed by atoms with van der Waals surface area (Å²) >= 11 is 1.97. The van der Waals surface area contributed by atoms with Crippen LogP contribution in [-0.4, -0.2) is 32.8 Å². The summed E-state index contributed by atoms with van der Waals surface area (Å²) in [4.78, 5) is 0. The van der Waals surface area contributed by atoms with Crippen LogP contribution in [0.5, 0.6) is 0 Å². The smallest absolute Gasteiger partial charge is 0.169 e. The van der Waals surface area contributed by atoms with Crippen molar-refractivity contribution in [1.82, 2.24) is 5.32 Å². The third kappa shape index (κ3) is 3.22. The van der Waals surface area contributed by atoms with Gasteiger partial charge in [0.15, 0.2) is 6.29 Å². The Balaban J connectivity index is 1.99. The quantitative estimate of drug-likeness (QED) is 0.815. The molecule has 4 heteroatoms. The molecular weight excluding hydrogens is 234 g/mol. The van der Waals surface area contributed by atoms with Crippen LogP contribution in [0.4, 0.5) is 0 Å². The summed E-state index contributed by atoms with van der Waals surface area (Å²) in [6.07, 6.45) is -0.172. The second kappa shape index (κ2) is 6.40. The molecule has 0 fully saturated rings. The van der Waals surface area contributed by atoms with Gasteiger partial charge in [-0.05, 0) is 11.1 Å². The molecule has 17 heavy (non-hydrogen) atoms. The van der Waals surface area contributed by atoms with Crippen LogP contribution in [0.25, 0.3) is 0 Å². The largest absolute Gasteiger partial charge is 0.355 e. The van der Waals surface area contributed by atoms with E-state index in [9.17, 15) is 0 Å². The van der Waals surface area contributed by atoms with Gasteiger partial charge < -0.3 is 14.8 Å². The maximum absolute atomic E-state index is 5.19. The summed E-state index contributed by atoms with van der Waals surface area (Å²) in [5.41, 5.74) is 2.85. The van der Waals surface area contributed by atoms with E-state index in [0.29, 0.717) is 12.6 Å². The molecule has 1 unspecified atom stereocenters. The van der Waals surface area contributed by atoms with E-state index in [1.165, 1.54) is 11.1 Å². The number of hydrogen-bond acceptors (Lipinski definition) is 4. The van der Waals surface area contributed by atoms with Crippen molar-refractivity contribution in [2.75, 3.05) is 26.5 Å². The van der Waals surface area contributed by atoms with Gasteiger partial charge in [-0.2, -0.15) is 11.8 Å². The lowest BCUT2D eigenvalue weighted by atomic mass is 10.0. The minimum Gasteiger partial charge on any atom is -0.355 e. The van der Waals surface area contributed by atoms with E-state index in [1.54, 1.807) is 14.2 Å². The number of thioether (sulfide) groups is 1. The molecule has 0 radical (unpaired) electrons. The van der Waals surface area contributed by atoms with Crippen LogP contribution in [0.1, 0.15) is 17.2 Å². The highest BCUT2D eigenvalue weighted by molar-refractivity contribution is 7.98. The van der Waals surface area contributed by atoms with Crippen LogP contribution in [0.15, 0.2) is 24.3 Å². The van der Waals surface area contributed by atoms with Gasteiger partial charge in [-0.1, -0.05) is 24.3 Å². The van der Waals surface area contributed by atoms with Gasteiger partial charge in [0.2, 0.25) is 0 Å². The van der Waals surface area contributed by atoms with Crippen LogP contribution in [0.2, 0.25) is 0 Å². The molecule has 1 atom stereocenters. The number of rotatable bonds is 5. The van der Waals surface area contributed by atoms with Crippen molar-refractivity contribution in [2.24, 2.45) is 0 Å². The summed E-state index contributed by atoms with van der Waals surface area (Å²) in [6, 6.07) is 9.03. The fourth-order valence-corrected chi connectivity index (χ4v) is 3.19. The number of fused-ring (bicyclic) bond motifs is 1. The summed E-state index contributed by atoms with van der Waals surface area (Å²) in [5.74, 6) is 2.23. The van der Waals surface area contributed by atoms with E-state index in [-0.39, 0.29) is 6.29 Å². The highest BCUT2D eigenvalue weighted by atomic mass is 32.2. The standard InChI is InChI=1S/C13H19NO2S/c1-15-13(16-2)7-14-12-9-17-8-10-5-3-4-6-11(10)12/h3-6,12-14H,7-9H2,1-2H3. The van der Waals surface area contributed by atoms with Crippen LogP contribution < -0.4 is 5.32 Å². The first-order valence-corrected chi connectivity index (χ1v) is 6.95. The summed E-state index contributed by atoms with van der Waals surface area (Å²) in [7, 11) is 3.33. The summed E-state index contributed by atoms with van der Waals surface area (Å²) in [5, 5.41) is 3.51. The van der Waals surface area contributed by atoms with Gasteiger partial charge in [0.1, 0.15) is 0 Å². The van der Waals surface area contributed by atoms with Crippen molar-refractivity contribution in [3.63, 3.8) is 0 Å². The predicted molar refractivity (Wildman–Crippen MR) is 71.2 cm³/mol. The average Bonchev–Trinajstić information content (AvgIpc) is 2.40. The molecule has 0 aliphatic carbocycles. The van der Waals surface area contributed by atoms with Crippen molar-refractivity contribution in [2.45, 2.75) is 18.1 Å². The van der Waals surface area contributed by atoms with Crippen LogP contribution in [0.3, 0.4) is 0 Å². The van der Waals surface area contributed by atoms with Gasteiger partial charge in [0.05, 0.1) is 0 Å². The Bertz CT molecular complexity index is 355. The number of nitrogens with one attached hydrogen (secondary N) is 1. The number of hydrogen-bond donors (Lipinski definition) is 1. The van der Waals surface area contributed by atoms with Crippen molar-refractivity contribution in [3.8, 4) is 0 Å². The van der Waals surface area contributed by atoms with E-state index in [1.807, 2.05) is 11.8 Å². The molecule has 1 aromatic rings. The normalized spacial score (nSPS) is 19.4. The molecule has 1 aliphatic rings. The zero-order chi connectivity index (χ0) is 12.1. The van der Waals surface area contributed by atoms with Crippen molar-refractivity contribution in [3.05, 3.63) is 35.4 Å². The number of ether oxygens (including phenoxy) is 2. The molecule has 1 N–H and O–H groups in total. The zero-order valence-electron chi connectivity index (χ0n) is 10.3. The van der Waals surface area contributed by atoms with E-state index < -0.39 is 0 Å². The molecule has 0 aromatic heterocycles. The van der Waals surface area contributed by atoms with Gasteiger partial charge in [-0.15, -0.1) is 0 Å². The molecule has 1 heterocycles. The Morgan fingerprint density at radius 1 is 1.35 bits per heavy atom. The van der Waals surface area contributed by atoms with E-state index in [2.05, 4.69) is 29.6 Å². The van der Waals surface area contributed by atoms with Crippen molar-refractivity contribution < 1.29 is 9.47 Å². The lowest BCUT2D eigenvalue weighted by Gasteiger charge is -2.27. The van der Waals surface area contributed by atoms with Crippen molar-refractivity contribution in [1.29, 1.82) is 0 Å². The lowest BCUT2D eigenvalue weighted by molar-refractivity contribution is -0.0997. The lowest BCUT2D eigenvalue weighted by Crippen LogP contribution is -2.35. The van der Waals surface area contributed by atoms with Crippen LogP contribution >= 0.6 is 11.8 Å². The van der Waals surface area contributed by atoms with Gasteiger partial charge in [-0.25, -0.2) is 0 Å². The Hall–Kier alpha value is -0.550. The third-order valence-electron chi connectivity index (χ3n) is 3.03. The molecule has 94 valence electrons. The first kappa shape index (κ1) is 12.9. The van der Waals surface area contributed by atoms with Gasteiger partial charge in [-0.3, -0.25) is 0 Å². The van der Waals surface area contributed by atoms with E-state index in [0.717, 1.165) is 11.5 Å². The minimum absolute atomic E-state index is 0.172. The molecule has 0 amide bonds. The Labute approximate surface area is 107 Å². The maximum Gasteiger partial charge on any atom is 0.169 e. The second-order valence-corrected chi connectivity index (χ2v) is 5.11. The molecular formula is C13H19NO2S. The van der Waals surface area contributed by atoms with Crippen LogP contribution in [-0.2, 0) is 15.2 Å². The maximum atomic E-state index is 5.19. The van der Waals surface area contributed by atoms with Crippen molar-refractivity contribution >= 4 is 11.8 Å². The minimum atomic E-state index is -0.172. The predicted octanol–water partition coefficient (Wildman–Crippen LogP) is 2.18. The van der Waals surface area contributed by atoms with Gasteiger partial charge in [0.25, 0.3) is 0 Å². The molecule has 2 rings (SSSR count). The second-order valence-electron chi connectivity index (χ2n) is 4.08. The summed E-state index contributed by atoms with van der Waals surface area (Å²) in [6.45, 7) is 0.715. The van der Waals surface area contributed by atoms with E-state index in [4.69, 9.17) is 9.47 Å². The Kier molecular flexibility index (Phi) is 4.86. The molecule has 1 aliphatic heterocycles. The SMILES string of the molecule is COC(CNC1CSCc2ccccc21)OC. The highest BCUT2D eigenvalue weighted by Gasteiger charge is 2.20.